The molecule has 2 heterocycles. The molecule has 0 aromatic carbocycles. The Hall–Kier alpha value is -1.37. The highest BCUT2D eigenvalue weighted by Gasteiger charge is 2.42. The van der Waals surface area contributed by atoms with E-state index in [0.29, 0.717) is 36.9 Å². The number of aromatic nitrogens is 2. The highest BCUT2D eigenvalue weighted by molar-refractivity contribution is 9.10. The second kappa shape index (κ2) is 4.96. The number of halogens is 1. The molecule has 0 bridgehead atoms. The highest BCUT2D eigenvalue weighted by Crippen LogP contribution is 2.38. The molecule has 102 valence electrons. The lowest BCUT2D eigenvalue weighted by Crippen LogP contribution is -2.29. The molecule has 3 atom stereocenters. The second-order valence-electron chi connectivity index (χ2n) is 5.25. The smallest absolute Gasteiger partial charge is 0.407 e. The molecule has 3 rings (SSSR count). The topological polar surface area (TPSA) is 78.4 Å². The van der Waals surface area contributed by atoms with Gasteiger partial charge in [-0.2, -0.15) is 0 Å². The van der Waals surface area contributed by atoms with Crippen LogP contribution in [0.25, 0.3) is 0 Å². The number of rotatable bonds is 2. The Balaban J connectivity index is 1.57. The first-order valence-corrected chi connectivity index (χ1v) is 7.13. The van der Waals surface area contributed by atoms with E-state index in [1.807, 2.05) is 0 Å². The summed E-state index contributed by atoms with van der Waals surface area (Å²) >= 11 is 3.30. The lowest BCUT2D eigenvalue weighted by molar-refractivity contribution is 0.152. The summed E-state index contributed by atoms with van der Waals surface area (Å²) in [7, 11) is 0. The molecule has 6 nitrogen and oxygen atoms in total. The highest BCUT2D eigenvalue weighted by atomic mass is 79.9. The number of hydrogen-bond acceptors (Lipinski definition) is 4. The van der Waals surface area contributed by atoms with Gasteiger partial charge in [0.1, 0.15) is 0 Å². The first kappa shape index (κ1) is 12.7. The summed E-state index contributed by atoms with van der Waals surface area (Å²) in [6.07, 6.45) is 4.63. The summed E-state index contributed by atoms with van der Waals surface area (Å²) in [5, 5.41) is 12.3. The van der Waals surface area contributed by atoms with Crippen molar-refractivity contribution in [3.05, 3.63) is 16.9 Å². The number of carboxylic acid groups (broad SMARTS) is 1. The van der Waals surface area contributed by atoms with Crippen molar-refractivity contribution in [3.63, 3.8) is 0 Å². The van der Waals surface area contributed by atoms with Crippen LogP contribution < -0.4 is 5.32 Å². The fraction of sp³-hybridized carbons (Fsp3) is 0.583. The van der Waals surface area contributed by atoms with Crippen molar-refractivity contribution in [3.8, 4) is 0 Å². The Kier molecular flexibility index (Phi) is 3.30. The maximum Gasteiger partial charge on any atom is 0.407 e. The fourth-order valence-corrected chi connectivity index (χ4v) is 3.35. The van der Waals surface area contributed by atoms with Crippen molar-refractivity contribution in [2.24, 2.45) is 11.8 Å². The van der Waals surface area contributed by atoms with E-state index in [9.17, 15) is 4.79 Å². The third kappa shape index (κ3) is 2.65. The van der Waals surface area contributed by atoms with Gasteiger partial charge in [0.15, 0.2) is 0 Å². The van der Waals surface area contributed by atoms with E-state index in [2.05, 4.69) is 31.2 Å². The Morgan fingerprint density at radius 1 is 1.32 bits per heavy atom. The molecule has 1 aliphatic carbocycles. The standard InChI is InChI=1S/C12H15BrN4O2/c13-9-3-14-11(15-4-9)16-10-1-7-5-17(12(18)19)6-8(7)2-10/h3-4,7-8,10H,1-2,5-6H2,(H,18,19)(H,14,15,16)/t7-,8+,10+. The Morgan fingerprint density at radius 3 is 2.42 bits per heavy atom. The van der Waals surface area contributed by atoms with E-state index in [1.54, 1.807) is 12.4 Å². The number of anilines is 1. The van der Waals surface area contributed by atoms with Gasteiger partial charge in [0.05, 0.1) is 4.47 Å². The van der Waals surface area contributed by atoms with Gasteiger partial charge < -0.3 is 15.3 Å². The minimum absolute atomic E-state index is 0.354. The largest absolute Gasteiger partial charge is 0.465 e. The second-order valence-corrected chi connectivity index (χ2v) is 6.16. The van der Waals surface area contributed by atoms with Crippen LogP contribution in [-0.4, -0.2) is 45.2 Å². The van der Waals surface area contributed by atoms with Gasteiger partial charge in [-0.05, 0) is 40.6 Å². The average molecular weight is 327 g/mol. The van der Waals surface area contributed by atoms with Crippen molar-refractivity contribution in [1.29, 1.82) is 0 Å². The molecule has 1 aromatic heterocycles. The predicted molar refractivity (Wildman–Crippen MR) is 73.0 cm³/mol. The molecule has 0 spiro atoms. The normalized spacial score (nSPS) is 29.3. The van der Waals surface area contributed by atoms with Gasteiger partial charge >= 0.3 is 6.09 Å². The van der Waals surface area contributed by atoms with E-state index in [-0.39, 0.29) is 0 Å². The van der Waals surface area contributed by atoms with Gasteiger partial charge in [-0.15, -0.1) is 0 Å². The minimum Gasteiger partial charge on any atom is -0.465 e. The molecule has 2 fully saturated rings. The molecule has 0 radical (unpaired) electrons. The lowest BCUT2D eigenvalue weighted by Gasteiger charge is -2.17. The number of nitrogens with one attached hydrogen (secondary N) is 1. The summed E-state index contributed by atoms with van der Waals surface area (Å²) in [6, 6.07) is 0.354. The Labute approximate surface area is 119 Å². The van der Waals surface area contributed by atoms with Crippen LogP contribution in [0.4, 0.5) is 10.7 Å². The molecule has 1 aliphatic heterocycles. The monoisotopic (exact) mass is 326 g/mol. The molecule has 1 aromatic rings. The maximum absolute atomic E-state index is 10.9. The zero-order chi connectivity index (χ0) is 13.4. The fourth-order valence-electron chi connectivity index (χ4n) is 3.14. The van der Waals surface area contributed by atoms with E-state index >= 15 is 0 Å². The third-order valence-corrected chi connectivity index (χ3v) is 4.38. The van der Waals surface area contributed by atoms with Crippen molar-refractivity contribution in [1.82, 2.24) is 14.9 Å². The number of carbonyl (C=O) groups is 1. The molecule has 19 heavy (non-hydrogen) atoms. The molecule has 2 aliphatic rings. The molecule has 2 N–H and O–H groups in total. The SMILES string of the molecule is O=C(O)N1C[C@H]2C[C@H](Nc3ncc(Br)cn3)C[C@H]2C1. The van der Waals surface area contributed by atoms with Crippen molar-refractivity contribution in [2.75, 3.05) is 18.4 Å². The minimum atomic E-state index is -0.796. The number of amides is 1. The van der Waals surface area contributed by atoms with Gasteiger partial charge in [-0.3, -0.25) is 0 Å². The predicted octanol–water partition coefficient (Wildman–Crippen LogP) is 2.04. The molecule has 1 saturated heterocycles. The number of likely N-dealkylation sites (tertiary alicyclic amines) is 1. The van der Waals surface area contributed by atoms with Crippen LogP contribution in [0.15, 0.2) is 16.9 Å². The summed E-state index contributed by atoms with van der Waals surface area (Å²) in [6.45, 7) is 1.33. The van der Waals surface area contributed by atoms with Gasteiger partial charge in [-0.1, -0.05) is 0 Å². The van der Waals surface area contributed by atoms with Crippen molar-refractivity contribution in [2.45, 2.75) is 18.9 Å². The number of nitrogens with zero attached hydrogens (tertiary/aromatic N) is 3. The first-order valence-electron chi connectivity index (χ1n) is 6.34. The van der Waals surface area contributed by atoms with Crippen LogP contribution in [0.1, 0.15) is 12.8 Å². The Morgan fingerprint density at radius 2 is 1.89 bits per heavy atom. The zero-order valence-electron chi connectivity index (χ0n) is 10.3. The van der Waals surface area contributed by atoms with Crippen LogP contribution in [0.3, 0.4) is 0 Å². The van der Waals surface area contributed by atoms with Crippen LogP contribution in [0.2, 0.25) is 0 Å². The van der Waals surface area contributed by atoms with Crippen molar-refractivity contribution < 1.29 is 9.90 Å². The molecule has 1 saturated carbocycles. The van der Waals surface area contributed by atoms with Crippen LogP contribution >= 0.6 is 15.9 Å². The van der Waals surface area contributed by atoms with Crippen LogP contribution in [-0.2, 0) is 0 Å². The molecular weight excluding hydrogens is 312 g/mol. The van der Waals surface area contributed by atoms with E-state index < -0.39 is 6.09 Å². The molecule has 7 heteroatoms. The summed E-state index contributed by atoms with van der Waals surface area (Å²) in [5.74, 6) is 1.59. The number of hydrogen-bond donors (Lipinski definition) is 2. The summed E-state index contributed by atoms with van der Waals surface area (Å²) in [5.41, 5.74) is 0. The van der Waals surface area contributed by atoms with E-state index in [0.717, 1.165) is 17.3 Å². The van der Waals surface area contributed by atoms with E-state index in [4.69, 9.17) is 5.11 Å². The van der Waals surface area contributed by atoms with Crippen LogP contribution in [0.5, 0.6) is 0 Å². The zero-order valence-corrected chi connectivity index (χ0v) is 11.9. The third-order valence-electron chi connectivity index (χ3n) is 3.98. The van der Waals surface area contributed by atoms with Gasteiger partial charge in [0, 0.05) is 31.5 Å². The summed E-state index contributed by atoms with van der Waals surface area (Å²) in [4.78, 5) is 20.9. The first-order chi connectivity index (χ1) is 9.11. The quantitative estimate of drug-likeness (QED) is 0.869. The maximum atomic E-state index is 10.9. The Bertz CT molecular complexity index is 467. The lowest BCUT2D eigenvalue weighted by atomic mass is 10.0. The molecule has 0 unspecified atom stereocenters. The average Bonchev–Trinajstić information content (AvgIpc) is 2.90. The number of fused-ring (bicyclic) bond motifs is 1. The van der Waals surface area contributed by atoms with Gasteiger partial charge in [0.25, 0.3) is 0 Å². The van der Waals surface area contributed by atoms with E-state index in [1.165, 1.54) is 4.90 Å². The molecule has 1 amide bonds. The van der Waals surface area contributed by atoms with Gasteiger partial charge in [-0.25, -0.2) is 14.8 Å². The van der Waals surface area contributed by atoms with Crippen molar-refractivity contribution >= 4 is 28.0 Å². The van der Waals surface area contributed by atoms with Gasteiger partial charge in [0.2, 0.25) is 5.95 Å². The van der Waals surface area contributed by atoms with Crippen LogP contribution in [0, 0.1) is 11.8 Å². The summed E-state index contributed by atoms with van der Waals surface area (Å²) < 4.78 is 0.860. The molecular formula is C12H15BrN4O2.